The Labute approximate surface area is 182 Å². The van der Waals surface area contributed by atoms with Gasteiger partial charge in [0.2, 0.25) is 0 Å². The monoisotopic (exact) mass is 409 g/mol. The van der Waals surface area contributed by atoms with Gasteiger partial charge in [-0.1, -0.05) is 37.3 Å². The number of likely N-dealkylation sites (tertiary alicyclic amines) is 2. The zero-order valence-corrected chi connectivity index (χ0v) is 19.1. The molecular formula is C25H39N5. The normalized spacial score (nSPS) is 20.3. The zero-order chi connectivity index (χ0) is 20.9. The first kappa shape index (κ1) is 21.5. The maximum absolute atomic E-state index is 4.76. The van der Waals surface area contributed by atoms with E-state index in [1.807, 2.05) is 11.7 Å². The summed E-state index contributed by atoms with van der Waals surface area (Å²) in [6.07, 6.45) is 7.60. The highest BCUT2D eigenvalue weighted by Gasteiger charge is 2.28. The fourth-order valence-corrected chi connectivity index (χ4v) is 5.26. The van der Waals surface area contributed by atoms with Crippen molar-refractivity contribution in [2.75, 3.05) is 46.3 Å². The van der Waals surface area contributed by atoms with Gasteiger partial charge >= 0.3 is 0 Å². The van der Waals surface area contributed by atoms with Crippen molar-refractivity contribution in [1.29, 1.82) is 0 Å². The van der Waals surface area contributed by atoms with E-state index in [1.54, 1.807) is 0 Å². The molecule has 2 aromatic rings. The summed E-state index contributed by atoms with van der Waals surface area (Å²) in [5, 5.41) is 4.76. The highest BCUT2D eigenvalue weighted by Crippen LogP contribution is 2.26. The van der Waals surface area contributed by atoms with Gasteiger partial charge in [-0.05, 0) is 71.4 Å². The van der Waals surface area contributed by atoms with E-state index in [4.69, 9.17) is 5.10 Å². The summed E-state index contributed by atoms with van der Waals surface area (Å²) in [6, 6.07) is 11.4. The van der Waals surface area contributed by atoms with E-state index < -0.39 is 0 Å². The fraction of sp³-hybridized carbons (Fsp3) is 0.640. The molecule has 0 atom stereocenters. The number of hydrogen-bond donors (Lipinski definition) is 0. The maximum Gasteiger partial charge on any atom is 0.0968 e. The Morgan fingerprint density at radius 1 is 0.967 bits per heavy atom. The fourth-order valence-electron chi connectivity index (χ4n) is 5.26. The van der Waals surface area contributed by atoms with Crippen molar-refractivity contribution in [2.24, 2.45) is 13.0 Å². The third-order valence-electron chi connectivity index (χ3n) is 7.16. The predicted octanol–water partition coefficient (Wildman–Crippen LogP) is 3.72. The van der Waals surface area contributed by atoms with Crippen LogP contribution in [0.4, 0.5) is 0 Å². The van der Waals surface area contributed by atoms with Crippen LogP contribution in [0.15, 0.2) is 36.5 Å². The van der Waals surface area contributed by atoms with Crippen LogP contribution in [0.2, 0.25) is 0 Å². The molecule has 0 N–H and O–H groups in total. The van der Waals surface area contributed by atoms with Crippen LogP contribution in [-0.2, 0) is 13.6 Å². The number of aryl methyl sites for hydroxylation is 1. The summed E-state index contributed by atoms with van der Waals surface area (Å²) in [4.78, 5) is 7.89. The Balaban J connectivity index is 1.32. The lowest BCUT2D eigenvalue weighted by Gasteiger charge is -2.41. The molecule has 5 nitrogen and oxygen atoms in total. The van der Waals surface area contributed by atoms with E-state index in [9.17, 15) is 0 Å². The van der Waals surface area contributed by atoms with E-state index >= 15 is 0 Å². The molecule has 0 unspecified atom stereocenters. The number of benzene rings is 1. The molecule has 4 rings (SSSR count). The van der Waals surface area contributed by atoms with Gasteiger partial charge in [-0.3, -0.25) is 9.58 Å². The minimum absolute atomic E-state index is 0.823. The van der Waals surface area contributed by atoms with Crippen LogP contribution in [0, 0.1) is 5.92 Å². The lowest BCUT2D eigenvalue weighted by molar-refractivity contribution is 0.0746. The SMILES string of the molecule is CCN(Cc1cn(C)nc1-c1ccccc1)CC1CCN(C2CCN(C)CC2)CC1. The first-order chi connectivity index (χ1) is 14.6. The lowest BCUT2D eigenvalue weighted by atomic mass is 9.93. The Kier molecular flexibility index (Phi) is 7.24. The summed E-state index contributed by atoms with van der Waals surface area (Å²) in [7, 11) is 4.29. The maximum atomic E-state index is 4.76. The molecule has 0 spiro atoms. The quantitative estimate of drug-likeness (QED) is 0.697. The standard InChI is InChI=1S/C25H39N5/c1-4-29(20-23-19-28(3)26-25(23)22-8-6-5-7-9-22)18-21-10-16-30(17-11-21)24-12-14-27(2)15-13-24/h5-9,19,21,24H,4,10-18,20H2,1-3H3. The molecule has 5 heteroatoms. The molecule has 0 saturated carbocycles. The van der Waals surface area contributed by atoms with Gasteiger partial charge in [-0.15, -0.1) is 0 Å². The summed E-state index contributed by atoms with van der Waals surface area (Å²) < 4.78 is 1.96. The van der Waals surface area contributed by atoms with Crippen molar-refractivity contribution in [1.82, 2.24) is 24.5 Å². The molecule has 0 radical (unpaired) electrons. The van der Waals surface area contributed by atoms with Gasteiger partial charge < -0.3 is 9.80 Å². The van der Waals surface area contributed by atoms with Crippen LogP contribution in [0.25, 0.3) is 11.3 Å². The summed E-state index contributed by atoms with van der Waals surface area (Å²) in [6.45, 7) is 10.7. The zero-order valence-electron chi connectivity index (χ0n) is 19.1. The smallest absolute Gasteiger partial charge is 0.0968 e. The van der Waals surface area contributed by atoms with Crippen molar-refractivity contribution >= 4 is 0 Å². The number of nitrogens with zero attached hydrogens (tertiary/aromatic N) is 5. The van der Waals surface area contributed by atoms with Crippen LogP contribution in [0.3, 0.4) is 0 Å². The van der Waals surface area contributed by atoms with Gasteiger partial charge in [0.15, 0.2) is 0 Å². The Morgan fingerprint density at radius 3 is 2.33 bits per heavy atom. The molecule has 2 aliphatic heterocycles. The second-order valence-corrected chi connectivity index (χ2v) is 9.38. The summed E-state index contributed by atoms with van der Waals surface area (Å²) in [5.74, 6) is 0.823. The van der Waals surface area contributed by atoms with E-state index in [1.165, 1.54) is 69.5 Å². The van der Waals surface area contributed by atoms with Gasteiger partial charge in [0, 0.05) is 43.5 Å². The highest BCUT2D eigenvalue weighted by atomic mass is 15.3. The molecule has 1 aromatic carbocycles. The molecule has 2 saturated heterocycles. The molecule has 0 bridgehead atoms. The van der Waals surface area contributed by atoms with Crippen LogP contribution in [0.5, 0.6) is 0 Å². The topological polar surface area (TPSA) is 27.5 Å². The average molecular weight is 410 g/mol. The van der Waals surface area contributed by atoms with Crippen molar-refractivity contribution in [3.63, 3.8) is 0 Å². The molecule has 164 valence electrons. The molecular weight excluding hydrogens is 370 g/mol. The number of rotatable bonds is 7. The lowest BCUT2D eigenvalue weighted by Crippen LogP contribution is -2.47. The van der Waals surface area contributed by atoms with E-state index in [-0.39, 0.29) is 0 Å². The summed E-state index contributed by atoms with van der Waals surface area (Å²) >= 11 is 0. The van der Waals surface area contributed by atoms with Crippen LogP contribution < -0.4 is 0 Å². The minimum Gasteiger partial charge on any atom is -0.306 e. The van der Waals surface area contributed by atoms with Crippen LogP contribution in [0.1, 0.15) is 38.2 Å². The van der Waals surface area contributed by atoms with Crippen molar-refractivity contribution < 1.29 is 0 Å². The molecule has 2 aliphatic rings. The first-order valence-corrected chi connectivity index (χ1v) is 11.8. The van der Waals surface area contributed by atoms with Gasteiger partial charge in [-0.2, -0.15) is 5.10 Å². The number of hydrogen-bond acceptors (Lipinski definition) is 4. The Bertz CT molecular complexity index is 770. The van der Waals surface area contributed by atoms with Gasteiger partial charge in [0.05, 0.1) is 5.69 Å². The third-order valence-corrected chi connectivity index (χ3v) is 7.16. The van der Waals surface area contributed by atoms with E-state index in [2.05, 4.69) is 65.2 Å². The first-order valence-electron chi connectivity index (χ1n) is 11.8. The Morgan fingerprint density at radius 2 is 1.67 bits per heavy atom. The van der Waals surface area contributed by atoms with Crippen molar-refractivity contribution in [3.8, 4) is 11.3 Å². The van der Waals surface area contributed by atoms with Gasteiger partial charge in [0.1, 0.15) is 0 Å². The molecule has 30 heavy (non-hydrogen) atoms. The minimum atomic E-state index is 0.823. The Hall–Kier alpha value is -1.69. The van der Waals surface area contributed by atoms with E-state index in [0.29, 0.717) is 0 Å². The summed E-state index contributed by atoms with van der Waals surface area (Å²) in [5.41, 5.74) is 3.69. The van der Waals surface area contributed by atoms with Crippen LogP contribution in [-0.4, -0.2) is 76.8 Å². The van der Waals surface area contributed by atoms with Crippen LogP contribution >= 0.6 is 0 Å². The second-order valence-electron chi connectivity index (χ2n) is 9.38. The second kappa shape index (κ2) is 10.1. The third kappa shape index (κ3) is 5.32. The molecule has 1 aromatic heterocycles. The van der Waals surface area contributed by atoms with Gasteiger partial charge in [0.25, 0.3) is 0 Å². The molecule has 0 amide bonds. The highest BCUT2D eigenvalue weighted by molar-refractivity contribution is 5.62. The molecule has 0 aliphatic carbocycles. The number of piperidine rings is 2. The average Bonchev–Trinajstić information content (AvgIpc) is 3.15. The molecule has 2 fully saturated rings. The van der Waals surface area contributed by atoms with Gasteiger partial charge in [-0.25, -0.2) is 0 Å². The number of aromatic nitrogens is 2. The van der Waals surface area contributed by atoms with Crippen molar-refractivity contribution in [2.45, 2.75) is 45.2 Å². The van der Waals surface area contributed by atoms with E-state index in [0.717, 1.165) is 30.7 Å². The van der Waals surface area contributed by atoms with Crippen molar-refractivity contribution in [3.05, 3.63) is 42.1 Å². The largest absolute Gasteiger partial charge is 0.306 e. The molecule has 3 heterocycles. The predicted molar refractivity (Wildman–Crippen MR) is 124 cm³/mol.